The van der Waals surface area contributed by atoms with Crippen LogP contribution < -0.4 is 10.6 Å². The Morgan fingerprint density at radius 3 is 2.74 bits per heavy atom. The van der Waals surface area contributed by atoms with Crippen molar-refractivity contribution in [1.82, 2.24) is 5.32 Å². The molecule has 0 unspecified atom stereocenters. The van der Waals surface area contributed by atoms with Crippen molar-refractivity contribution in [2.45, 2.75) is 20.3 Å². The highest BCUT2D eigenvalue weighted by atomic mass is 16.5. The van der Waals surface area contributed by atoms with E-state index >= 15 is 0 Å². The van der Waals surface area contributed by atoms with Crippen LogP contribution in [0.15, 0.2) is 24.3 Å². The molecule has 1 aromatic rings. The average Bonchev–Trinajstić information content (AvgIpc) is 2.41. The Morgan fingerprint density at radius 1 is 1.32 bits per heavy atom. The predicted octanol–water partition coefficient (Wildman–Crippen LogP) is 2.06. The highest BCUT2D eigenvalue weighted by Gasteiger charge is 2.05. The molecule has 0 saturated heterocycles. The molecule has 106 valence electrons. The van der Waals surface area contributed by atoms with Gasteiger partial charge in [-0.15, -0.1) is 0 Å². The summed E-state index contributed by atoms with van der Waals surface area (Å²) in [5, 5.41) is 6.07. The van der Waals surface area contributed by atoms with Crippen molar-refractivity contribution in [1.29, 1.82) is 0 Å². The van der Waals surface area contributed by atoms with Gasteiger partial charge in [-0.2, -0.15) is 0 Å². The van der Waals surface area contributed by atoms with Gasteiger partial charge in [0.1, 0.15) is 0 Å². The van der Waals surface area contributed by atoms with Gasteiger partial charge in [-0.3, -0.25) is 4.79 Å². The van der Waals surface area contributed by atoms with E-state index in [-0.39, 0.29) is 5.91 Å². The van der Waals surface area contributed by atoms with Crippen molar-refractivity contribution in [3.63, 3.8) is 0 Å². The number of benzene rings is 1. The molecule has 0 radical (unpaired) electrons. The van der Waals surface area contributed by atoms with E-state index in [1.165, 1.54) is 5.56 Å². The topological polar surface area (TPSA) is 50.4 Å². The van der Waals surface area contributed by atoms with Gasteiger partial charge < -0.3 is 15.4 Å². The van der Waals surface area contributed by atoms with Crippen LogP contribution in [0.2, 0.25) is 0 Å². The van der Waals surface area contributed by atoms with Gasteiger partial charge in [0.15, 0.2) is 0 Å². The highest BCUT2D eigenvalue weighted by molar-refractivity contribution is 5.80. The molecular formula is C15H24N2O2. The molecule has 0 aliphatic carbocycles. The number of para-hydroxylation sites is 1. The summed E-state index contributed by atoms with van der Waals surface area (Å²) in [7, 11) is 1.69. The van der Waals surface area contributed by atoms with Crippen LogP contribution in [-0.4, -0.2) is 32.7 Å². The summed E-state index contributed by atoms with van der Waals surface area (Å²) in [6, 6.07) is 7.99. The lowest BCUT2D eigenvalue weighted by Crippen LogP contribution is -2.32. The molecule has 1 aromatic carbocycles. The second kappa shape index (κ2) is 8.53. The van der Waals surface area contributed by atoms with Gasteiger partial charge in [0.2, 0.25) is 5.91 Å². The monoisotopic (exact) mass is 264 g/mol. The first-order chi connectivity index (χ1) is 9.13. The number of nitrogens with one attached hydrogen (secondary N) is 2. The van der Waals surface area contributed by atoms with E-state index in [9.17, 15) is 4.79 Å². The van der Waals surface area contributed by atoms with E-state index in [2.05, 4.69) is 24.5 Å². The van der Waals surface area contributed by atoms with Gasteiger partial charge in [0.25, 0.3) is 0 Å². The minimum Gasteiger partial charge on any atom is -0.384 e. The van der Waals surface area contributed by atoms with Gasteiger partial charge in [-0.1, -0.05) is 32.0 Å². The first-order valence-electron chi connectivity index (χ1n) is 6.71. The number of carbonyl (C=O) groups is 1. The first kappa shape index (κ1) is 15.5. The zero-order valence-corrected chi connectivity index (χ0v) is 12.0. The minimum atomic E-state index is 0.0234. The summed E-state index contributed by atoms with van der Waals surface area (Å²) in [4.78, 5) is 11.6. The summed E-state index contributed by atoms with van der Waals surface area (Å²) >= 11 is 0. The molecule has 4 nitrogen and oxygen atoms in total. The van der Waals surface area contributed by atoms with E-state index < -0.39 is 0 Å². The summed E-state index contributed by atoms with van der Waals surface area (Å²) < 4.78 is 5.08. The van der Waals surface area contributed by atoms with Crippen LogP contribution in [0.25, 0.3) is 0 Å². The molecule has 0 saturated carbocycles. The SMILES string of the molecule is COCCc1ccccc1NCC(=O)NCC(C)C. The third-order valence-electron chi connectivity index (χ3n) is 2.74. The van der Waals surface area contributed by atoms with Crippen LogP contribution in [0.5, 0.6) is 0 Å². The van der Waals surface area contributed by atoms with Crippen molar-refractivity contribution in [2.75, 3.05) is 32.1 Å². The summed E-state index contributed by atoms with van der Waals surface area (Å²) in [6.45, 7) is 5.85. The molecule has 1 rings (SSSR count). The fraction of sp³-hybridized carbons (Fsp3) is 0.533. The smallest absolute Gasteiger partial charge is 0.239 e. The standard InChI is InChI=1S/C15H24N2O2/c1-12(2)10-17-15(18)11-16-14-7-5-4-6-13(14)8-9-19-3/h4-7,12,16H,8-11H2,1-3H3,(H,17,18). The Bertz CT molecular complexity index is 391. The number of carbonyl (C=O) groups excluding carboxylic acids is 1. The second-order valence-electron chi connectivity index (χ2n) is 4.95. The Hall–Kier alpha value is -1.55. The lowest BCUT2D eigenvalue weighted by atomic mass is 10.1. The quantitative estimate of drug-likeness (QED) is 0.755. The van der Waals surface area contributed by atoms with Gasteiger partial charge in [-0.05, 0) is 24.0 Å². The second-order valence-corrected chi connectivity index (χ2v) is 4.95. The van der Waals surface area contributed by atoms with Crippen LogP contribution >= 0.6 is 0 Å². The molecular weight excluding hydrogens is 240 g/mol. The number of hydrogen-bond acceptors (Lipinski definition) is 3. The Morgan fingerprint density at radius 2 is 2.05 bits per heavy atom. The lowest BCUT2D eigenvalue weighted by molar-refractivity contribution is -0.119. The van der Waals surface area contributed by atoms with E-state index in [1.807, 2.05) is 24.3 Å². The Kier molecular flexibility index (Phi) is 6.97. The van der Waals surface area contributed by atoms with Crippen LogP contribution in [0.1, 0.15) is 19.4 Å². The van der Waals surface area contributed by atoms with Gasteiger partial charge in [-0.25, -0.2) is 0 Å². The molecule has 19 heavy (non-hydrogen) atoms. The molecule has 0 aliphatic heterocycles. The normalized spacial score (nSPS) is 10.5. The fourth-order valence-corrected chi connectivity index (χ4v) is 1.68. The largest absolute Gasteiger partial charge is 0.384 e. The third kappa shape index (κ3) is 6.25. The number of amides is 1. The number of anilines is 1. The van der Waals surface area contributed by atoms with E-state index in [4.69, 9.17) is 4.74 Å². The minimum absolute atomic E-state index is 0.0234. The zero-order chi connectivity index (χ0) is 14.1. The molecule has 0 spiro atoms. The number of ether oxygens (including phenoxy) is 1. The maximum atomic E-state index is 11.6. The van der Waals surface area contributed by atoms with Crippen LogP contribution in [0.4, 0.5) is 5.69 Å². The molecule has 1 amide bonds. The van der Waals surface area contributed by atoms with Gasteiger partial charge in [0, 0.05) is 19.3 Å². The summed E-state index contributed by atoms with van der Waals surface area (Å²) in [5.41, 5.74) is 2.17. The Labute approximate surface area is 115 Å². The van der Waals surface area contributed by atoms with Crippen molar-refractivity contribution in [3.05, 3.63) is 29.8 Å². The zero-order valence-electron chi connectivity index (χ0n) is 12.0. The van der Waals surface area contributed by atoms with Crippen molar-refractivity contribution in [2.24, 2.45) is 5.92 Å². The Balaban J connectivity index is 2.45. The lowest BCUT2D eigenvalue weighted by Gasteiger charge is -2.12. The van der Waals surface area contributed by atoms with E-state index in [0.29, 0.717) is 25.6 Å². The molecule has 0 bridgehead atoms. The van der Waals surface area contributed by atoms with Gasteiger partial charge in [0.05, 0.1) is 13.2 Å². The molecule has 0 aliphatic rings. The number of hydrogen-bond donors (Lipinski definition) is 2. The van der Waals surface area contributed by atoms with Crippen molar-refractivity contribution in [3.8, 4) is 0 Å². The molecule has 0 heterocycles. The van der Waals surface area contributed by atoms with Crippen LogP contribution in [0, 0.1) is 5.92 Å². The average molecular weight is 264 g/mol. The maximum absolute atomic E-state index is 11.6. The highest BCUT2D eigenvalue weighted by Crippen LogP contribution is 2.15. The van der Waals surface area contributed by atoms with Gasteiger partial charge >= 0.3 is 0 Å². The van der Waals surface area contributed by atoms with Crippen molar-refractivity contribution >= 4 is 11.6 Å². The van der Waals surface area contributed by atoms with E-state index in [1.54, 1.807) is 7.11 Å². The molecule has 0 atom stereocenters. The molecule has 0 fully saturated rings. The predicted molar refractivity (Wildman–Crippen MR) is 78.4 cm³/mol. The van der Waals surface area contributed by atoms with Crippen molar-refractivity contribution < 1.29 is 9.53 Å². The first-order valence-corrected chi connectivity index (χ1v) is 6.71. The fourth-order valence-electron chi connectivity index (χ4n) is 1.68. The van der Waals surface area contributed by atoms with E-state index in [0.717, 1.165) is 12.1 Å². The molecule has 4 heteroatoms. The maximum Gasteiger partial charge on any atom is 0.239 e. The number of rotatable bonds is 8. The molecule has 2 N–H and O–H groups in total. The summed E-state index contributed by atoms with van der Waals surface area (Å²) in [5.74, 6) is 0.494. The van der Waals surface area contributed by atoms with Crippen LogP contribution in [-0.2, 0) is 16.0 Å². The molecule has 0 aromatic heterocycles. The number of methoxy groups -OCH3 is 1. The van der Waals surface area contributed by atoms with Crippen LogP contribution in [0.3, 0.4) is 0 Å². The third-order valence-corrected chi connectivity index (χ3v) is 2.74. The summed E-state index contributed by atoms with van der Waals surface area (Å²) in [6.07, 6.45) is 0.841.